The van der Waals surface area contributed by atoms with Crippen molar-refractivity contribution in [2.75, 3.05) is 27.4 Å². The number of hydrogen-bond donors (Lipinski definition) is 1. The van der Waals surface area contributed by atoms with E-state index in [2.05, 4.69) is 19.2 Å². The van der Waals surface area contributed by atoms with E-state index in [1.807, 2.05) is 13.8 Å². The molecule has 0 fully saturated rings. The van der Waals surface area contributed by atoms with Gasteiger partial charge in [-0.05, 0) is 19.8 Å². The minimum atomic E-state index is -0.504. The van der Waals surface area contributed by atoms with Crippen LogP contribution in [0.2, 0.25) is 0 Å². The molecule has 0 radical (unpaired) electrons. The molecule has 0 aromatic carbocycles. The first-order chi connectivity index (χ1) is 7.35. The fourth-order valence-electron chi connectivity index (χ4n) is 1.40. The van der Waals surface area contributed by atoms with Gasteiger partial charge in [-0.1, -0.05) is 13.8 Å². The largest absolute Gasteiger partial charge is 0.469 e. The lowest BCUT2D eigenvalue weighted by molar-refractivity contribution is -0.150. The molecule has 0 saturated heterocycles. The Morgan fingerprint density at radius 1 is 1.31 bits per heavy atom. The number of hydrogen-bond acceptors (Lipinski definition) is 4. The van der Waals surface area contributed by atoms with E-state index >= 15 is 0 Å². The summed E-state index contributed by atoms with van der Waals surface area (Å²) >= 11 is 0. The number of esters is 1. The Morgan fingerprint density at radius 2 is 1.88 bits per heavy atom. The van der Waals surface area contributed by atoms with Crippen molar-refractivity contribution in [3.8, 4) is 0 Å². The third-order valence-electron chi connectivity index (χ3n) is 2.70. The van der Waals surface area contributed by atoms with Crippen LogP contribution in [0.4, 0.5) is 0 Å². The Balaban J connectivity index is 4.23. The van der Waals surface area contributed by atoms with Crippen molar-refractivity contribution in [2.24, 2.45) is 11.3 Å². The summed E-state index contributed by atoms with van der Waals surface area (Å²) in [7, 11) is 3.10. The predicted octanol–water partition coefficient (Wildman–Crippen LogP) is 1.45. The first-order valence-corrected chi connectivity index (χ1v) is 5.66. The Hall–Kier alpha value is -0.610. The van der Waals surface area contributed by atoms with Gasteiger partial charge < -0.3 is 14.8 Å². The topological polar surface area (TPSA) is 47.6 Å². The Morgan fingerprint density at radius 3 is 2.25 bits per heavy atom. The Kier molecular flexibility index (Phi) is 6.60. The van der Waals surface area contributed by atoms with E-state index in [9.17, 15) is 4.79 Å². The zero-order chi connectivity index (χ0) is 12.8. The third kappa shape index (κ3) is 4.94. The summed E-state index contributed by atoms with van der Waals surface area (Å²) in [6.45, 7) is 9.23. The quantitative estimate of drug-likeness (QED) is 0.674. The van der Waals surface area contributed by atoms with Gasteiger partial charge in [0.15, 0.2) is 0 Å². The highest BCUT2D eigenvalue weighted by Gasteiger charge is 2.29. The summed E-state index contributed by atoms with van der Waals surface area (Å²) in [6.07, 6.45) is 0. The number of rotatable bonds is 7. The fraction of sp³-hybridized carbons (Fsp3) is 0.917. The second-order valence-corrected chi connectivity index (χ2v) is 5.06. The van der Waals surface area contributed by atoms with Gasteiger partial charge in [0.2, 0.25) is 0 Å². The summed E-state index contributed by atoms with van der Waals surface area (Å²) in [5.41, 5.74) is -0.504. The van der Waals surface area contributed by atoms with E-state index in [4.69, 9.17) is 9.47 Å². The van der Waals surface area contributed by atoms with E-state index in [1.165, 1.54) is 7.11 Å². The summed E-state index contributed by atoms with van der Waals surface area (Å²) in [5.74, 6) is 0.272. The lowest BCUT2D eigenvalue weighted by atomic mass is 9.92. The summed E-state index contributed by atoms with van der Waals surface area (Å²) < 4.78 is 9.90. The minimum Gasteiger partial charge on any atom is -0.469 e. The Labute approximate surface area is 98.7 Å². The standard InChI is InChI=1S/C12H25NO3/c1-9(2)10(7-15-5)13-8-12(3,4)11(14)16-6/h9-10,13H,7-8H2,1-6H3. The van der Waals surface area contributed by atoms with Crippen molar-refractivity contribution in [2.45, 2.75) is 33.7 Å². The van der Waals surface area contributed by atoms with Gasteiger partial charge in [0, 0.05) is 19.7 Å². The van der Waals surface area contributed by atoms with Crippen molar-refractivity contribution in [3.05, 3.63) is 0 Å². The average molecular weight is 231 g/mol. The monoisotopic (exact) mass is 231 g/mol. The number of ether oxygens (including phenoxy) is 2. The van der Waals surface area contributed by atoms with Gasteiger partial charge in [-0.15, -0.1) is 0 Å². The number of nitrogens with one attached hydrogen (secondary N) is 1. The predicted molar refractivity (Wildman–Crippen MR) is 64.3 cm³/mol. The molecular formula is C12H25NO3. The van der Waals surface area contributed by atoms with E-state index in [1.54, 1.807) is 7.11 Å². The normalized spacial score (nSPS) is 13.9. The van der Waals surface area contributed by atoms with Crippen LogP contribution in [-0.4, -0.2) is 39.4 Å². The van der Waals surface area contributed by atoms with Crippen LogP contribution in [0.15, 0.2) is 0 Å². The van der Waals surface area contributed by atoms with Crippen molar-refractivity contribution in [3.63, 3.8) is 0 Å². The van der Waals surface area contributed by atoms with Crippen molar-refractivity contribution in [1.82, 2.24) is 5.32 Å². The van der Waals surface area contributed by atoms with Crippen LogP contribution in [0, 0.1) is 11.3 Å². The molecule has 16 heavy (non-hydrogen) atoms. The molecule has 0 amide bonds. The fourth-order valence-corrected chi connectivity index (χ4v) is 1.40. The zero-order valence-corrected chi connectivity index (χ0v) is 11.3. The highest BCUT2D eigenvalue weighted by atomic mass is 16.5. The van der Waals surface area contributed by atoms with Crippen LogP contribution in [0.3, 0.4) is 0 Å². The van der Waals surface area contributed by atoms with Crippen LogP contribution in [0.1, 0.15) is 27.7 Å². The van der Waals surface area contributed by atoms with E-state index in [0.29, 0.717) is 19.1 Å². The van der Waals surface area contributed by atoms with Gasteiger partial charge in [0.25, 0.3) is 0 Å². The van der Waals surface area contributed by atoms with Gasteiger partial charge in [0.05, 0.1) is 19.1 Å². The van der Waals surface area contributed by atoms with Gasteiger partial charge in [0.1, 0.15) is 0 Å². The number of methoxy groups -OCH3 is 2. The highest BCUT2D eigenvalue weighted by Crippen LogP contribution is 2.16. The van der Waals surface area contributed by atoms with Gasteiger partial charge >= 0.3 is 5.97 Å². The van der Waals surface area contributed by atoms with E-state index in [-0.39, 0.29) is 12.0 Å². The van der Waals surface area contributed by atoms with Crippen LogP contribution < -0.4 is 5.32 Å². The van der Waals surface area contributed by atoms with Crippen LogP contribution in [0.25, 0.3) is 0 Å². The van der Waals surface area contributed by atoms with Crippen LogP contribution >= 0.6 is 0 Å². The first-order valence-electron chi connectivity index (χ1n) is 5.66. The molecule has 0 spiro atoms. The van der Waals surface area contributed by atoms with E-state index < -0.39 is 5.41 Å². The molecule has 0 rings (SSSR count). The minimum absolute atomic E-state index is 0.195. The number of carbonyl (C=O) groups is 1. The maximum atomic E-state index is 11.5. The molecule has 4 heteroatoms. The second kappa shape index (κ2) is 6.86. The molecule has 0 aliphatic heterocycles. The molecule has 0 aromatic rings. The molecule has 0 bridgehead atoms. The maximum Gasteiger partial charge on any atom is 0.312 e. The molecular weight excluding hydrogens is 206 g/mol. The van der Waals surface area contributed by atoms with Crippen molar-refractivity contribution >= 4 is 5.97 Å². The third-order valence-corrected chi connectivity index (χ3v) is 2.70. The van der Waals surface area contributed by atoms with Gasteiger partial charge in [-0.2, -0.15) is 0 Å². The van der Waals surface area contributed by atoms with Gasteiger partial charge in [-0.25, -0.2) is 0 Å². The molecule has 0 aromatic heterocycles. The summed E-state index contributed by atoms with van der Waals surface area (Å²) in [6, 6.07) is 0.258. The molecule has 4 nitrogen and oxygen atoms in total. The highest BCUT2D eigenvalue weighted by molar-refractivity contribution is 5.76. The molecule has 1 unspecified atom stereocenters. The smallest absolute Gasteiger partial charge is 0.312 e. The molecule has 1 N–H and O–H groups in total. The second-order valence-electron chi connectivity index (χ2n) is 5.06. The Bertz CT molecular complexity index is 214. The van der Waals surface area contributed by atoms with E-state index in [0.717, 1.165) is 0 Å². The first kappa shape index (κ1) is 15.4. The number of carbonyl (C=O) groups excluding carboxylic acids is 1. The summed E-state index contributed by atoms with van der Waals surface area (Å²) in [5, 5.41) is 3.35. The lowest BCUT2D eigenvalue weighted by Crippen LogP contribution is -2.45. The summed E-state index contributed by atoms with van der Waals surface area (Å²) in [4.78, 5) is 11.5. The molecule has 0 saturated carbocycles. The molecule has 1 atom stereocenters. The molecule has 0 heterocycles. The zero-order valence-electron chi connectivity index (χ0n) is 11.3. The maximum absolute atomic E-state index is 11.5. The van der Waals surface area contributed by atoms with Crippen molar-refractivity contribution < 1.29 is 14.3 Å². The molecule has 96 valence electrons. The van der Waals surface area contributed by atoms with Crippen LogP contribution in [0.5, 0.6) is 0 Å². The van der Waals surface area contributed by atoms with Crippen LogP contribution in [-0.2, 0) is 14.3 Å². The molecule has 0 aliphatic rings. The molecule has 0 aliphatic carbocycles. The SMILES string of the molecule is COCC(NCC(C)(C)C(=O)OC)C(C)C. The van der Waals surface area contributed by atoms with Crippen molar-refractivity contribution in [1.29, 1.82) is 0 Å². The van der Waals surface area contributed by atoms with Gasteiger partial charge in [-0.3, -0.25) is 4.79 Å². The average Bonchev–Trinajstić information content (AvgIpc) is 2.22. The lowest BCUT2D eigenvalue weighted by Gasteiger charge is -2.27.